The van der Waals surface area contributed by atoms with Crippen molar-refractivity contribution < 1.29 is 22.6 Å². The Bertz CT molecular complexity index is 882. The van der Waals surface area contributed by atoms with Crippen molar-refractivity contribution in [1.29, 1.82) is 0 Å². The SMILES string of the molecule is CO[C@H](CCN1c2ccccc2N(c2ccc(F)cc2F)S1(O)O)CNC1CC1. The van der Waals surface area contributed by atoms with Crippen LogP contribution in [0.1, 0.15) is 19.3 Å². The van der Waals surface area contributed by atoms with E-state index in [4.69, 9.17) is 4.74 Å². The Balaban J connectivity index is 1.59. The van der Waals surface area contributed by atoms with E-state index < -0.39 is 22.6 Å². The number of nitrogens with zero attached hydrogens (tertiary/aromatic N) is 2. The van der Waals surface area contributed by atoms with Crippen molar-refractivity contribution in [2.24, 2.45) is 0 Å². The van der Waals surface area contributed by atoms with Gasteiger partial charge in [0.1, 0.15) is 11.5 Å². The van der Waals surface area contributed by atoms with Gasteiger partial charge in [-0.15, -0.1) is 0 Å². The second-order valence-corrected chi connectivity index (χ2v) is 9.09. The minimum absolute atomic E-state index is 0.0833. The summed E-state index contributed by atoms with van der Waals surface area (Å²) in [6.07, 6.45) is 2.82. The maximum atomic E-state index is 14.5. The average Bonchev–Trinajstić information content (AvgIpc) is 3.48. The second-order valence-electron chi connectivity index (χ2n) is 7.30. The first-order valence-electron chi connectivity index (χ1n) is 9.58. The van der Waals surface area contributed by atoms with Gasteiger partial charge in [0.15, 0.2) is 5.82 Å². The van der Waals surface area contributed by atoms with E-state index in [9.17, 15) is 17.9 Å². The van der Waals surface area contributed by atoms with Crippen molar-refractivity contribution in [3.05, 3.63) is 54.1 Å². The minimum atomic E-state index is -3.57. The van der Waals surface area contributed by atoms with E-state index in [0.717, 1.165) is 16.4 Å². The summed E-state index contributed by atoms with van der Waals surface area (Å²) in [6, 6.07) is 10.6. The van der Waals surface area contributed by atoms with Crippen molar-refractivity contribution >= 4 is 28.0 Å². The standard InChI is InChI=1S/C20H25F2N3O3S/c1-28-16(13-23-15-7-8-15)10-11-24-19-4-2-3-5-20(19)25(29(24,26)27)18-9-6-14(21)12-17(18)22/h2-6,9,12,15-16,23,26-27H,7-8,10-11,13H2,1H3/t16-/m1/s1. The lowest BCUT2D eigenvalue weighted by molar-refractivity contribution is 0.0963. The molecule has 3 N–H and O–H groups in total. The van der Waals surface area contributed by atoms with Gasteiger partial charge in [0, 0.05) is 32.3 Å². The van der Waals surface area contributed by atoms with Crippen molar-refractivity contribution in [3.8, 4) is 0 Å². The number of nitrogens with one attached hydrogen (secondary N) is 1. The van der Waals surface area contributed by atoms with Gasteiger partial charge in [-0.3, -0.25) is 13.4 Å². The van der Waals surface area contributed by atoms with Crippen LogP contribution in [0.25, 0.3) is 0 Å². The first-order chi connectivity index (χ1) is 13.9. The molecular weight excluding hydrogens is 400 g/mol. The number of rotatable bonds is 8. The molecule has 1 fully saturated rings. The van der Waals surface area contributed by atoms with Gasteiger partial charge >= 0.3 is 0 Å². The third kappa shape index (κ3) is 4.06. The molecule has 1 saturated carbocycles. The Hall–Kier alpha value is -1.91. The molecule has 158 valence electrons. The molecule has 0 bridgehead atoms. The van der Waals surface area contributed by atoms with E-state index in [1.54, 1.807) is 31.4 Å². The van der Waals surface area contributed by atoms with Crippen LogP contribution < -0.4 is 13.9 Å². The molecule has 0 spiro atoms. The topological polar surface area (TPSA) is 68.2 Å². The van der Waals surface area contributed by atoms with Crippen LogP contribution >= 0.6 is 11.0 Å². The van der Waals surface area contributed by atoms with Crippen molar-refractivity contribution in [2.75, 3.05) is 28.8 Å². The number of hydrogen-bond donors (Lipinski definition) is 3. The Kier molecular flexibility index (Phi) is 5.67. The number of para-hydroxylation sites is 2. The molecule has 1 aliphatic carbocycles. The summed E-state index contributed by atoms with van der Waals surface area (Å²) < 4.78 is 58.2. The number of hydrogen-bond acceptors (Lipinski definition) is 6. The molecule has 0 unspecified atom stereocenters. The van der Waals surface area contributed by atoms with E-state index in [1.807, 2.05) is 0 Å². The fraction of sp³-hybridized carbons (Fsp3) is 0.400. The first-order valence-corrected chi connectivity index (χ1v) is 11.0. The Labute approximate surface area is 170 Å². The van der Waals surface area contributed by atoms with Crippen molar-refractivity contribution in [3.63, 3.8) is 0 Å². The summed E-state index contributed by atoms with van der Waals surface area (Å²) in [4.78, 5) is 0. The molecule has 1 atom stereocenters. The van der Waals surface area contributed by atoms with Gasteiger partial charge in [0.05, 0.1) is 17.5 Å². The quantitative estimate of drug-likeness (QED) is 0.572. The van der Waals surface area contributed by atoms with Gasteiger partial charge in [-0.05, 0) is 54.5 Å². The molecule has 1 aliphatic heterocycles. The maximum Gasteiger partial charge on any atom is 0.151 e. The average molecular weight is 426 g/mol. The molecule has 9 heteroatoms. The van der Waals surface area contributed by atoms with Crippen LogP contribution in [0.2, 0.25) is 0 Å². The molecule has 0 saturated heterocycles. The molecule has 2 aromatic rings. The van der Waals surface area contributed by atoms with Gasteiger partial charge in [-0.1, -0.05) is 12.1 Å². The normalized spacial score (nSPS) is 19.9. The summed E-state index contributed by atoms with van der Waals surface area (Å²) in [5.74, 6) is -1.58. The van der Waals surface area contributed by atoms with Gasteiger partial charge in [-0.25, -0.2) is 13.1 Å². The predicted molar refractivity (Wildman–Crippen MR) is 112 cm³/mol. The molecule has 29 heavy (non-hydrogen) atoms. The summed E-state index contributed by atoms with van der Waals surface area (Å²) >= 11 is 0. The molecule has 4 rings (SSSR count). The fourth-order valence-electron chi connectivity index (χ4n) is 3.51. The van der Waals surface area contributed by atoms with Crippen LogP contribution in [-0.4, -0.2) is 41.5 Å². The minimum Gasteiger partial charge on any atom is -0.380 e. The lowest BCUT2D eigenvalue weighted by Crippen LogP contribution is -2.36. The van der Waals surface area contributed by atoms with E-state index >= 15 is 0 Å². The summed E-state index contributed by atoms with van der Waals surface area (Å²) in [6.45, 7) is 0.996. The highest BCUT2D eigenvalue weighted by atomic mass is 32.3. The number of benzene rings is 2. The summed E-state index contributed by atoms with van der Waals surface area (Å²) in [5, 5.41) is 3.41. The number of methoxy groups -OCH3 is 1. The number of halogens is 2. The van der Waals surface area contributed by atoms with E-state index in [2.05, 4.69) is 5.32 Å². The van der Waals surface area contributed by atoms with Crippen molar-refractivity contribution in [2.45, 2.75) is 31.4 Å². The molecular formula is C20H25F2N3O3S. The van der Waals surface area contributed by atoms with Crippen molar-refractivity contribution in [1.82, 2.24) is 5.32 Å². The number of ether oxygens (including phenoxy) is 1. The molecule has 0 aromatic heterocycles. The molecule has 0 radical (unpaired) electrons. The lowest BCUT2D eigenvalue weighted by atomic mass is 10.2. The van der Waals surface area contributed by atoms with E-state index in [0.29, 0.717) is 36.9 Å². The molecule has 2 aliphatic rings. The molecule has 0 amide bonds. The second kappa shape index (κ2) is 8.08. The van der Waals surface area contributed by atoms with Gasteiger partial charge in [0.25, 0.3) is 0 Å². The largest absolute Gasteiger partial charge is 0.380 e. The summed E-state index contributed by atoms with van der Waals surface area (Å²) in [7, 11) is -1.94. The van der Waals surface area contributed by atoms with E-state index in [-0.39, 0.29) is 11.8 Å². The van der Waals surface area contributed by atoms with Crippen LogP contribution in [0.15, 0.2) is 42.5 Å². The highest BCUT2D eigenvalue weighted by Gasteiger charge is 2.42. The lowest BCUT2D eigenvalue weighted by Gasteiger charge is -2.44. The van der Waals surface area contributed by atoms with E-state index in [1.165, 1.54) is 23.2 Å². The van der Waals surface area contributed by atoms with Gasteiger partial charge in [0.2, 0.25) is 0 Å². The Morgan fingerprint density at radius 3 is 2.52 bits per heavy atom. The predicted octanol–water partition coefficient (Wildman–Crippen LogP) is 4.66. The fourth-order valence-corrected chi connectivity index (χ4v) is 5.31. The van der Waals surface area contributed by atoms with Gasteiger partial charge in [-0.2, -0.15) is 0 Å². The molecule has 2 aromatic carbocycles. The summed E-state index contributed by atoms with van der Waals surface area (Å²) in [5.41, 5.74) is 0.962. The van der Waals surface area contributed by atoms with Crippen LogP contribution in [-0.2, 0) is 4.74 Å². The van der Waals surface area contributed by atoms with Crippen LogP contribution in [0.5, 0.6) is 0 Å². The third-order valence-corrected chi connectivity index (χ3v) is 7.09. The number of fused-ring (bicyclic) bond motifs is 1. The smallest absolute Gasteiger partial charge is 0.151 e. The Morgan fingerprint density at radius 2 is 1.86 bits per heavy atom. The highest BCUT2D eigenvalue weighted by Crippen LogP contribution is 2.64. The zero-order valence-corrected chi connectivity index (χ0v) is 16.9. The Morgan fingerprint density at radius 1 is 1.14 bits per heavy atom. The zero-order valence-electron chi connectivity index (χ0n) is 16.1. The monoisotopic (exact) mass is 425 g/mol. The highest BCUT2D eigenvalue weighted by molar-refractivity contribution is 8.27. The zero-order chi connectivity index (χ0) is 20.6. The molecule has 1 heterocycles. The molecule has 6 nitrogen and oxygen atoms in total. The van der Waals surface area contributed by atoms with Crippen LogP contribution in [0, 0.1) is 11.6 Å². The van der Waals surface area contributed by atoms with Crippen LogP contribution in [0.3, 0.4) is 0 Å². The third-order valence-electron chi connectivity index (χ3n) is 5.24. The van der Waals surface area contributed by atoms with Gasteiger partial charge < -0.3 is 10.1 Å². The first kappa shape index (κ1) is 20.4. The number of anilines is 3. The van der Waals surface area contributed by atoms with Crippen LogP contribution in [0.4, 0.5) is 25.8 Å². The maximum absolute atomic E-state index is 14.5.